The summed E-state index contributed by atoms with van der Waals surface area (Å²) in [4.78, 5) is 12.3. The van der Waals surface area contributed by atoms with E-state index in [0.717, 1.165) is 55.2 Å². The molecule has 2 aromatic carbocycles. The monoisotopic (exact) mass is 751 g/mol. The summed E-state index contributed by atoms with van der Waals surface area (Å²) in [5.41, 5.74) is 1.52. The van der Waals surface area contributed by atoms with E-state index >= 15 is 0 Å². The average molecular weight is 753 g/mol. The first-order valence-corrected chi connectivity index (χ1v) is 15.4. The number of hydrogen-bond acceptors (Lipinski definition) is 6. The number of aliphatic hydroxyl groups excluding tert-OH is 2. The maximum atomic E-state index is 12.3. The Morgan fingerprint density at radius 3 is 1.65 bits per heavy atom. The number of hydrogen-bond donors (Lipinski definition) is 2. The number of esters is 1. The number of halogens is 4. The van der Waals surface area contributed by atoms with Crippen molar-refractivity contribution in [3.63, 3.8) is 0 Å². The summed E-state index contributed by atoms with van der Waals surface area (Å²) in [6.45, 7) is 7.90. The van der Waals surface area contributed by atoms with Gasteiger partial charge in [0.15, 0.2) is 5.60 Å². The zero-order valence-corrected chi connectivity index (χ0v) is 34.9. The molecule has 3 radical (unpaired) electrons. The van der Waals surface area contributed by atoms with Gasteiger partial charge in [0, 0.05) is 41.8 Å². The Labute approximate surface area is 352 Å². The second kappa shape index (κ2) is 20.9. The fourth-order valence-corrected chi connectivity index (χ4v) is 7.73. The largest absolute Gasteiger partial charge is 2.00 e. The fraction of sp³-hybridized carbons (Fsp3) is 0.606. The molecule has 2 aromatic rings. The molecule has 0 bridgehead atoms. The minimum Gasteiger partial charge on any atom is -1.00 e. The van der Waals surface area contributed by atoms with Gasteiger partial charge in [-0.05, 0) is 86.8 Å². The van der Waals surface area contributed by atoms with Crippen LogP contribution in [0.5, 0.6) is 0 Å². The first-order chi connectivity index (χ1) is 19.5. The number of fused-ring (bicyclic) bond motifs is 2. The van der Waals surface area contributed by atoms with Crippen LogP contribution in [0, 0.1) is 22.7 Å². The van der Waals surface area contributed by atoms with E-state index in [0.29, 0.717) is 12.5 Å². The Kier molecular flexibility index (Phi) is 22.5. The molecule has 0 spiro atoms. The van der Waals surface area contributed by atoms with E-state index in [2.05, 4.69) is 26.0 Å². The van der Waals surface area contributed by atoms with Crippen LogP contribution in [0.15, 0.2) is 48.5 Å². The van der Waals surface area contributed by atoms with Crippen molar-refractivity contribution in [1.29, 1.82) is 0 Å². The topological polar surface area (TPSA) is 85.2 Å². The summed E-state index contributed by atoms with van der Waals surface area (Å²) in [5, 5.41) is 18.8. The number of methoxy groups -OCH3 is 1. The second-order valence-electron chi connectivity index (χ2n) is 12.4. The van der Waals surface area contributed by atoms with Gasteiger partial charge in [-0.3, -0.25) is 0 Å². The minimum absolute atomic E-state index is 0. The minimum atomic E-state index is -0.749. The molecule has 6 atom stereocenters. The molecule has 247 valence electrons. The van der Waals surface area contributed by atoms with E-state index < -0.39 is 5.60 Å². The van der Waals surface area contributed by atoms with Gasteiger partial charge in [-0.2, -0.15) is 0 Å². The van der Waals surface area contributed by atoms with Crippen LogP contribution in [0.2, 0.25) is 10.0 Å². The van der Waals surface area contributed by atoms with Crippen LogP contribution in [0.3, 0.4) is 0 Å². The number of ether oxygens (including phenoxy) is 3. The van der Waals surface area contributed by atoms with Crippen molar-refractivity contribution in [2.75, 3.05) is 33.5 Å². The average Bonchev–Trinajstić information content (AvgIpc) is 3.26. The summed E-state index contributed by atoms with van der Waals surface area (Å²) >= 11 is 11.8. The van der Waals surface area contributed by atoms with Crippen LogP contribution in [0.4, 0.5) is 0 Å². The molecule has 6 rings (SSSR count). The molecule has 46 heavy (non-hydrogen) atoms. The van der Waals surface area contributed by atoms with Crippen molar-refractivity contribution in [1.82, 2.24) is 0 Å². The normalized spacial score (nSPS) is 30.7. The molecule has 2 saturated heterocycles. The standard InChI is InChI=1S/C16H19ClO3.C15H19ClO2.C2H6O.B.Ca.2ClH.Na.H/c1-15-8-7-12(9-11-3-5-13(17)6-4-11)16(15,20-10-15)14(18)19-2;1-14-7-6-12(15(14,9-17)18-10-14)8-11-2-4-13(16)5-3-11;1-2-3;;;;;;/h3-6,12H,7-10H2,1-2H3;2-5,12,17H,6-10H2,1H3;3H,2H2,1H3;;;2*1H;;/q;;;;+2;;;+1;-1/p-2/t12-,15+,16-;12-,14+,15+;;;;;;;/m11......./s1. The summed E-state index contributed by atoms with van der Waals surface area (Å²) in [7, 11) is 1.44. The number of aliphatic hydroxyl groups is 2. The second-order valence-corrected chi connectivity index (χ2v) is 13.3. The van der Waals surface area contributed by atoms with Crippen LogP contribution in [0.1, 0.15) is 59.0 Å². The van der Waals surface area contributed by atoms with E-state index in [4.69, 9.17) is 42.5 Å². The van der Waals surface area contributed by atoms with Crippen LogP contribution in [-0.4, -0.2) is 107 Å². The molecule has 2 heterocycles. The number of rotatable bonds is 6. The Bertz CT molecular complexity index is 1200. The Hall–Kier alpha value is 1.23. The molecule has 0 unspecified atom stereocenters. The molecule has 0 aromatic heterocycles. The summed E-state index contributed by atoms with van der Waals surface area (Å²) in [6.07, 6.45) is 6.09. The third kappa shape index (κ3) is 9.56. The first-order valence-electron chi connectivity index (χ1n) is 14.6. The van der Waals surface area contributed by atoms with Crippen LogP contribution in [-0.2, 0) is 31.8 Å². The Balaban J connectivity index is -0.000000682. The van der Waals surface area contributed by atoms with Crippen molar-refractivity contribution < 1.29 is 85.0 Å². The zero-order chi connectivity index (χ0) is 29.9. The van der Waals surface area contributed by atoms with Gasteiger partial charge in [-0.25, -0.2) is 4.79 Å². The fourth-order valence-electron chi connectivity index (χ4n) is 7.47. The smallest absolute Gasteiger partial charge is 1.00 e. The third-order valence-electron chi connectivity index (χ3n) is 10.0. The van der Waals surface area contributed by atoms with Gasteiger partial charge in [-0.1, -0.05) is 61.3 Å². The van der Waals surface area contributed by atoms with Crippen molar-refractivity contribution in [3.05, 3.63) is 69.7 Å². The Morgan fingerprint density at radius 1 is 0.870 bits per heavy atom. The summed E-state index contributed by atoms with van der Waals surface area (Å²) in [6, 6.07) is 15.8. The molecule has 6 nitrogen and oxygen atoms in total. The van der Waals surface area contributed by atoms with E-state index in [1.807, 2.05) is 36.4 Å². The van der Waals surface area contributed by atoms with Gasteiger partial charge < -0.3 is 50.7 Å². The first kappa shape index (κ1) is 49.3. The van der Waals surface area contributed by atoms with Crippen molar-refractivity contribution in [2.45, 2.75) is 70.5 Å². The summed E-state index contributed by atoms with van der Waals surface area (Å²) in [5.74, 6) is 0.375. The molecule has 2 aliphatic carbocycles. The number of carbonyl (C=O) groups is 1. The SMILES string of the molecule is CCO.COC(=O)[C@@]12OC[C@]1(C)CC[C@@H]2Cc1ccc(Cl)cc1.C[C@@]12CC[C@H](Cc3ccc(Cl)cc3)[C@]1(CO)OC2.[B].[Ca+2].[Cl-].[Cl-].[H-].[Na+]. The van der Waals surface area contributed by atoms with E-state index in [-0.39, 0.29) is 143 Å². The van der Waals surface area contributed by atoms with Gasteiger partial charge in [-0.15, -0.1) is 0 Å². The van der Waals surface area contributed by atoms with Gasteiger partial charge in [0.2, 0.25) is 0 Å². The summed E-state index contributed by atoms with van der Waals surface area (Å²) < 4.78 is 16.7. The van der Waals surface area contributed by atoms with Gasteiger partial charge >= 0.3 is 73.3 Å². The maximum absolute atomic E-state index is 12.3. The van der Waals surface area contributed by atoms with Gasteiger partial charge in [0.05, 0.1) is 26.9 Å². The van der Waals surface area contributed by atoms with E-state index in [9.17, 15) is 9.90 Å². The van der Waals surface area contributed by atoms with Gasteiger partial charge in [0.25, 0.3) is 0 Å². The molecular formula is C33H45BCaCl4NaO6. The quantitative estimate of drug-likeness (QED) is 0.238. The molecule has 2 aliphatic heterocycles. The molecule has 0 amide bonds. The van der Waals surface area contributed by atoms with Gasteiger partial charge in [0.1, 0.15) is 5.60 Å². The molecule has 13 heteroatoms. The molecule has 4 aliphatic rings. The molecule has 4 fully saturated rings. The van der Waals surface area contributed by atoms with Crippen molar-refractivity contribution in [3.8, 4) is 0 Å². The Morgan fingerprint density at radius 2 is 1.28 bits per heavy atom. The molecule has 2 N–H and O–H groups in total. The molecule has 2 saturated carbocycles. The van der Waals surface area contributed by atoms with Crippen LogP contribution >= 0.6 is 23.2 Å². The van der Waals surface area contributed by atoms with Crippen LogP contribution < -0.4 is 54.4 Å². The number of benzene rings is 2. The predicted molar refractivity (Wildman–Crippen MR) is 174 cm³/mol. The third-order valence-corrected chi connectivity index (χ3v) is 10.5. The van der Waals surface area contributed by atoms with E-state index in [1.165, 1.54) is 18.2 Å². The predicted octanol–water partition coefficient (Wildman–Crippen LogP) is -3.34. The zero-order valence-electron chi connectivity index (χ0n) is 28.7. The molecular weight excluding hydrogens is 708 g/mol. The van der Waals surface area contributed by atoms with E-state index in [1.54, 1.807) is 6.92 Å². The van der Waals surface area contributed by atoms with Crippen LogP contribution in [0.25, 0.3) is 0 Å². The van der Waals surface area contributed by atoms with Crippen molar-refractivity contribution in [2.24, 2.45) is 22.7 Å². The maximum Gasteiger partial charge on any atom is 2.00 e. The van der Waals surface area contributed by atoms with Crippen molar-refractivity contribution >= 4 is 75.3 Å². The number of carbonyl (C=O) groups excluding carboxylic acids is 1.